The van der Waals surface area contributed by atoms with E-state index in [9.17, 15) is 9.59 Å². The first kappa shape index (κ1) is 19.4. The minimum Gasteiger partial charge on any atom is -0.313 e. The second-order valence-corrected chi connectivity index (χ2v) is 7.28. The van der Waals surface area contributed by atoms with E-state index in [0.717, 1.165) is 22.1 Å². The summed E-state index contributed by atoms with van der Waals surface area (Å²) in [6.45, 7) is 0. The Labute approximate surface area is 182 Å². The molecule has 32 heavy (non-hydrogen) atoms. The first-order valence-electron chi connectivity index (χ1n) is 9.94. The molecule has 0 saturated heterocycles. The van der Waals surface area contributed by atoms with Gasteiger partial charge in [0.15, 0.2) is 0 Å². The predicted molar refractivity (Wildman–Crippen MR) is 122 cm³/mol. The Bertz CT molecular complexity index is 1390. The van der Waals surface area contributed by atoms with Crippen LogP contribution in [0.15, 0.2) is 66.7 Å². The van der Waals surface area contributed by atoms with Crippen molar-refractivity contribution in [3.8, 4) is 0 Å². The van der Waals surface area contributed by atoms with E-state index in [1.54, 1.807) is 27.3 Å². The van der Waals surface area contributed by atoms with Crippen molar-refractivity contribution in [1.29, 1.82) is 0 Å². The Morgan fingerprint density at radius 2 is 1.06 bits per heavy atom. The third-order valence-corrected chi connectivity index (χ3v) is 5.24. The lowest BCUT2D eigenvalue weighted by molar-refractivity contribution is 0.101. The molecule has 0 fully saturated rings. The Kier molecular flexibility index (Phi) is 4.63. The topological polar surface area (TPSA) is 107 Å². The van der Waals surface area contributed by atoms with E-state index in [2.05, 4.69) is 25.6 Å². The number of hydrogen-bond donors (Lipinski definition) is 2. The van der Waals surface area contributed by atoms with E-state index in [1.165, 1.54) is 0 Å². The summed E-state index contributed by atoms with van der Waals surface area (Å²) in [6, 6.07) is 19.9. The number of hydrogen-bond acceptors (Lipinski definition) is 5. The largest absolute Gasteiger partial charge is 0.313 e. The molecule has 158 valence electrons. The summed E-state index contributed by atoms with van der Waals surface area (Å²) in [5, 5.41) is 5.52. The number of aryl methyl sites for hydroxylation is 2. The number of amides is 2. The number of aromatic nitrogens is 5. The number of rotatable bonds is 4. The van der Waals surface area contributed by atoms with Crippen LogP contribution in [-0.2, 0) is 14.1 Å². The lowest BCUT2D eigenvalue weighted by atomic mass is 10.2. The number of nitrogens with zero attached hydrogens (tertiary/aromatic N) is 5. The first-order chi connectivity index (χ1) is 15.5. The highest BCUT2D eigenvalue weighted by atomic mass is 16.2. The van der Waals surface area contributed by atoms with Crippen LogP contribution in [0.4, 0.5) is 11.9 Å². The number of pyridine rings is 1. The third-order valence-electron chi connectivity index (χ3n) is 5.24. The summed E-state index contributed by atoms with van der Waals surface area (Å²) in [5.41, 5.74) is 3.55. The van der Waals surface area contributed by atoms with Crippen molar-refractivity contribution < 1.29 is 9.59 Å². The molecule has 5 rings (SSSR count). The van der Waals surface area contributed by atoms with Crippen LogP contribution in [0.3, 0.4) is 0 Å². The maximum Gasteiger partial charge on any atom is 0.276 e. The summed E-state index contributed by atoms with van der Waals surface area (Å²) in [4.78, 5) is 38.6. The number of para-hydroxylation sites is 4. The Balaban J connectivity index is 1.37. The van der Waals surface area contributed by atoms with Crippen LogP contribution in [0.1, 0.15) is 21.0 Å². The fourth-order valence-corrected chi connectivity index (χ4v) is 3.53. The highest BCUT2D eigenvalue weighted by molar-refractivity contribution is 6.06. The zero-order valence-electron chi connectivity index (χ0n) is 17.4. The zero-order valence-corrected chi connectivity index (χ0v) is 17.4. The Morgan fingerprint density at radius 1 is 0.625 bits per heavy atom. The molecule has 3 aromatic heterocycles. The van der Waals surface area contributed by atoms with Gasteiger partial charge in [-0.1, -0.05) is 30.3 Å². The average molecular weight is 425 g/mol. The van der Waals surface area contributed by atoms with E-state index in [0.29, 0.717) is 11.9 Å². The van der Waals surface area contributed by atoms with Crippen LogP contribution >= 0.6 is 0 Å². The Hall–Kier alpha value is -4.53. The van der Waals surface area contributed by atoms with Gasteiger partial charge in [0.05, 0.1) is 22.1 Å². The number of benzene rings is 2. The molecule has 0 aliphatic rings. The first-order valence-corrected chi connectivity index (χ1v) is 9.94. The van der Waals surface area contributed by atoms with Gasteiger partial charge in [-0.05, 0) is 36.4 Å². The van der Waals surface area contributed by atoms with Crippen molar-refractivity contribution in [3.63, 3.8) is 0 Å². The van der Waals surface area contributed by atoms with Crippen molar-refractivity contribution in [2.24, 2.45) is 14.1 Å². The van der Waals surface area contributed by atoms with Crippen LogP contribution in [0.5, 0.6) is 0 Å². The van der Waals surface area contributed by atoms with Crippen molar-refractivity contribution >= 4 is 45.8 Å². The summed E-state index contributed by atoms with van der Waals surface area (Å²) in [6.07, 6.45) is 0. The summed E-state index contributed by atoms with van der Waals surface area (Å²) in [7, 11) is 3.64. The van der Waals surface area contributed by atoms with Crippen LogP contribution in [0.2, 0.25) is 0 Å². The molecule has 9 heteroatoms. The SMILES string of the molecule is Cn1c(NC(=O)c2cccc(C(=O)Nc3nc4ccccc4n3C)n2)nc2ccccc21. The Morgan fingerprint density at radius 3 is 1.50 bits per heavy atom. The zero-order chi connectivity index (χ0) is 22.2. The van der Waals surface area contributed by atoms with Crippen molar-refractivity contribution in [3.05, 3.63) is 78.1 Å². The van der Waals surface area contributed by atoms with Gasteiger partial charge in [0.1, 0.15) is 11.4 Å². The molecule has 2 aromatic carbocycles. The van der Waals surface area contributed by atoms with Gasteiger partial charge in [0.2, 0.25) is 11.9 Å². The molecule has 0 saturated carbocycles. The number of anilines is 2. The van der Waals surface area contributed by atoms with E-state index < -0.39 is 11.8 Å². The van der Waals surface area contributed by atoms with Gasteiger partial charge in [-0.25, -0.2) is 15.0 Å². The van der Waals surface area contributed by atoms with E-state index in [1.807, 2.05) is 62.6 Å². The summed E-state index contributed by atoms with van der Waals surface area (Å²) < 4.78 is 3.57. The highest BCUT2D eigenvalue weighted by Crippen LogP contribution is 2.19. The number of fused-ring (bicyclic) bond motifs is 2. The highest BCUT2D eigenvalue weighted by Gasteiger charge is 2.17. The van der Waals surface area contributed by atoms with E-state index in [-0.39, 0.29) is 11.4 Å². The second-order valence-electron chi connectivity index (χ2n) is 7.28. The molecule has 0 bridgehead atoms. The lowest BCUT2D eigenvalue weighted by Gasteiger charge is -2.07. The standard InChI is InChI=1S/C23H19N7O2/c1-29-18-12-5-3-8-14(18)25-22(29)27-20(31)16-10-7-11-17(24-16)21(32)28-23-26-15-9-4-6-13-19(15)30(23)2/h3-13H,1-2H3,(H,25,27,31)(H,26,28,32). The lowest BCUT2D eigenvalue weighted by Crippen LogP contribution is -2.20. The van der Waals surface area contributed by atoms with Crippen LogP contribution in [-0.4, -0.2) is 35.9 Å². The van der Waals surface area contributed by atoms with E-state index >= 15 is 0 Å². The maximum absolute atomic E-state index is 12.8. The number of carbonyl (C=O) groups is 2. The molecule has 2 N–H and O–H groups in total. The van der Waals surface area contributed by atoms with Gasteiger partial charge in [-0.2, -0.15) is 0 Å². The quantitative estimate of drug-likeness (QED) is 0.459. The molecular weight excluding hydrogens is 406 g/mol. The van der Waals surface area contributed by atoms with Crippen molar-refractivity contribution in [2.45, 2.75) is 0 Å². The molecular formula is C23H19N7O2. The van der Waals surface area contributed by atoms with Crippen molar-refractivity contribution in [2.75, 3.05) is 10.6 Å². The third kappa shape index (κ3) is 3.35. The normalized spacial score (nSPS) is 11.1. The molecule has 5 aromatic rings. The molecule has 3 heterocycles. The van der Waals surface area contributed by atoms with Crippen molar-refractivity contribution in [1.82, 2.24) is 24.1 Å². The maximum atomic E-state index is 12.8. The molecule has 0 radical (unpaired) electrons. The monoisotopic (exact) mass is 425 g/mol. The van der Waals surface area contributed by atoms with Gasteiger partial charge < -0.3 is 9.13 Å². The summed E-state index contributed by atoms with van der Waals surface area (Å²) >= 11 is 0. The molecule has 0 atom stereocenters. The minimum absolute atomic E-state index is 0.106. The van der Waals surface area contributed by atoms with Gasteiger partial charge in [0, 0.05) is 14.1 Å². The average Bonchev–Trinajstić information content (AvgIpc) is 3.30. The number of nitrogens with one attached hydrogen (secondary N) is 2. The van der Waals surface area contributed by atoms with E-state index in [4.69, 9.17) is 0 Å². The van der Waals surface area contributed by atoms with Gasteiger partial charge in [-0.15, -0.1) is 0 Å². The summed E-state index contributed by atoms with van der Waals surface area (Å²) in [5.74, 6) is -0.123. The molecule has 9 nitrogen and oxygen atoms in total. The molecule has 0 spiro atoms. The smallest absolute Gasteiger partial charge is 0.276 e. The molecule has 2 amide bonds. The molecule has 0 unspecified atom stereocenters. The second kappa shape index (κ2) is 7.62. The number of carbonyl (C=O) groups excluding carboxylic acids is 2. The van der Waals surface area contributed by atoms with Gasteiger partial charge >= 0.3 is 0 Å². The van der Waals surface area contributed by atoms with Gasteiger partial charge in [-0.3, -0.25) is 20.2 Å². The number of imidazole rings is 2. The van der Waals surface area contributed by atoms with Crippen LogP contribution < -0.4 is 10.6 Å². The fraction of sp³-hybridized carbons (Fsp3) is 0.0870. The van der Waals surface area contributed by atoms with Crippen LogP contribution in [0, 0.1) is 0 Å². The molecule has 0 aliphatic carbocycles. The van der Waals surface area contributed by atoms with Crippen LogP contribution in [0.25, 0.3) is 22.1 Å². The minimum atomic E-state index is -0.458. The fourth-order valence-electron chi connectivity index (χ4n) is 3.53. The predicted octanol–water partition coefficient (Wildman–Crippen LogP) is 3.36. The molecule has 0 aliphatic heterocycles. The van der Waals surface area contributed by atoms with Gasteiger partial charge in [0.25, 0.3) is 11.8 Å².